The standard InChI is InChI=1S/C19H27N3O3/c1-3-13(2)16(21-19(20)25)18(24)22-11-9-15(10-12-22)17(23)14-7-5-4-6-8-14/h4-8,13,15-16H,3,9-12H2,1-2H3,(H3,20,21,25)/t13-,16+/m1/s1. The molecule has 0 radical (unpaired) electrons. The zero-order valence-electron chi connectivity index (χ0n) is 14.9. The summed E-state index contributed by atoms with van der Waals surface area (Å²) in [5, 5.41) is 2.57. The Balaban J connectivity index is 1.97. The average molecular weight is 345 g/mol. The van der Waals surface area contributed by atoms with Crippen molar-refractivity contribution in [2.45, 2.75) is 39.2 Å². The van der Waals surface area contributed by atoms with Crippen molar-refractivity contribution in [3.8, 4) is 0 Å². The lowest BCUT2D eigenvalue weighted by molar-refractivity contribution is -0.135. The molecule has 0 aliphatic carbocycles. The van der Waals surface area contributed by atoms with E-state index < -0.39 is 12.1 Å². The molecular formula is C19H27N3O3. The lowest BCUT2D eigenvalue weighted by Crippen LogP contribution is -2.54. The fourth-order valence-electron chi connectivity index (χ4n) is 3.23. The Morgan fingerprint density at radius 1 is 1.20 bits per heavy atom. The molecule has 1 aliphatic heterocycles. The molecule has 1 aromatic rings. The van der Waals surface area contributed by atoms with Crippen molar-refractivity contribution in [1.82, 2.24) is 10.2 Å². The summed E-state index contributed by atoms with van der Waals surface area (Å²) >= 11 is 0. The van der Waals surface area contributed by atoms with E-state index in [1.807, 2.05) is 44.2 Å². The predicted octanol–water partition coefficient (Wildman–Crippen LogP) is 2.19. The highest BCUT2D eigenvalue weighted by molar-refractivity contribution is 5.98. The number of ketones is 1. The van der Waals surface area contributed by atoms with Crippen LogP contribution in [0.4, 0.5) is 4.79 Å². The van der Waals surface area contributed by atoms with Crippen molar-refractivity contribution in [2.75, 3.05) is 13.1 Å². The number of nitrogens with zero attached hydrogens (tertiary/aromatic N) is 1. The zero-order chi connectivity index (χ0) is 18.4. The van der Waals surface area contributed by atoms with Crippen molar-refractivity contribution < 1.29 is 14.4 Å². The van der Waals surface area contributed by atoms with Crippen LogP contribution in [-0.4, -0.2) is 41.8 Å². The number of Topliss-reactive ketones (excluding diaryl/α,β-unsaturated/α-hetero) is 1. The maximum absolute atomic E-state index is 12.8. The number of carbonyl (C=O) groups excluding carboxylic acids is 3. The third-order valence-electron chi connectivity index (χ3n) is 5.01. The van der Waals surface area contributed by atoms with Gasteiger partial charge in [-0.2, -0.15) is 0 Å². The highest BCUT2D eigenvalue weighted by Crippen LogP contribution is 2.23. The van der Waals surface area contributed by atoms with Crippen molar-refractivity contribution >= 4 is 17.7 Å². The third kappa shape index (κ3) is 4.81. The summed E-state index contributed by atoms with van der Waals surface area (Å²) in [7, 11) is 0. The fourth-order valence-corrected chi connectivity index (χ4v) is 3.23. The molecule has 2 rings (SSSR count). The molecular weight excluding hydrogens is 318 g/mol. The summed E-state index contributed by atoms with van der Waals surface area (Å²) < 4.78 is 0. The van der Waals surface area contributed by atoms with Gasteiger partial charge in [0, 0.05) is 24.6 Å². The Labute approximate surface area is 148 Å². The molecule has 1 fully saturated rings. The predicted molar refractivity (Wildman–Crippen MR) is 96.0 cm³/mol. The van der Waals surface area contributed by atoms with Crippen LogP contribution in [0.1, 0.15) is 43.5 Å². The van der Waals surface area contributed by atoms with Gasteiger partial charge in [0.05, 0.1) is 0 Å². The summed E-state index contributed by atoms with van der Waals surface area (Å²) in [5.74, 6) is -0.0264. The summed E-state index contributed by atoms with van der Waals surface area (Å²) in [6.45, 7) is 4.94. The van der Waals surface area contributed by atoms with E-state index in [2.05, 4.69) is 5.32 Å². The van der Waals surface area contributed by atoms with Crippen LogP contribution in [0.5, 0.6) is 0 Å². The van der Waals surface area contributed by atoms with Gasteiger partial charge in [-0.25, -0.2) is 4.79 Å². The fraction of sp³-hybridized carbons (Fsp3) is 0.526. The Kier molecular flexibility index (Phi) is 6.56. The van der Waals surface area contributed by atoms with E-state index in [-0.39, 0.29) is 23.5 Å². The molecule has 136 valence electrons. The molecule has 6 nitrogen and oxygen atoms in total. The molecule has 1 aromatic carbocycles. The molecule has 3 amide bonds. The topological polar surface area (TPSA) is 92.5 Å². The third-order valence-corrected chi connectivity index (χ3v) is 5.01. The second-order valence-electron chi connectivity index (χ2n) is 6.70. The highest BCUT2D eigenvalue weighted by Gasteiger charge is 2.33. The Hall–Kier alpha value is -2.37. The summed E-state index contributed by atoms with van der Waals surface area (Å²) in [5.41, 5.74) is 5.94. The molecule has 25 heavy (non-hydrogen) atoms. The number of urea groups is 1. The summed E-state index contributed by atoms with van der Waals surface area (Å²) in [4.78, 5) is 38.2. The van der Waals surface area contributed by atoms with E-state index in [0.717, 1.165) is 12.0 Å². The number of rotatable bonds is 6. The SMILES string of the molecule is CC[C@@H](C)[C@H](NC(N)=O)C(=O)N1CCC(C(=O)c2ccccc2)CC1. The lowest BCUT2D eigenvalue weighted by Gasteiger charge is -2.35. The number of hydrogen-bond acceptors (Lipinski definition) is 3. The Bertz CT molecular complexity index is 610. The van der Waals surface area contributed by atoms with Crippen LogP contribution < -0.4 is 11.1 Å². The molecule has 3 N–H and O–H groups in total. The van der Waals surface area contributed by atoms with Crippen molar-refractivity contribution in [3.05, 3.63) is 35.9 Å². The Morgan fingerprint density at radius 2 is 1.80 bits per heavy atom. The zero-order valence-corrected chi connectivity index (χ0v) is 14.9. The van der Waals surface area contributed by atoms with E-state index in [9.17, 15) is 14.4 Å². The van der Waals surface area contributed by atoms with Gasteiger partial charge in [-0.3, -0.25) is 9.59 Å². The maximum Gasteiger partial charge on any atom is 0.312 e. The number of amides is 3. The largest absolute Gasteiger partial charge is 0.352 e. The first-order valence-corrected chi connectivity index (χ1v) is 8.88. The van der Waals surface area contributed by atoms with Gasteiger partial charge in [-0.05, 0) is 18.8 Å². The minimum atomic E-state index is -0.687. The van der Waals surface area contributed by atoms with Crippen molar-refractivity contribution in [1.29, 1.82) is 0 Å². The van der Waals surface area contributed by atoms with Gasteiger partial charge in [0.25, 0.3) is 0 Å². The molecule has 0 unspecified atom stereocenters. The normalized spacial score (nSPS) is 17.6. The van der Waals surface area contributed by atoms with Gasteiger partial charge in [0.2, 0.25) is 5.91 Å². The number of carbonyl (C=O) groups is 3. The van der Waals surface area contributed by atoms with Crippen molar-refractivity contribution in [2.24, 2.45) is 17.6 Å². The molecule has 0 saturated carbocycles. The number of benzene rings is 1. The maximum atomic E-state index is 12.8. The van der Waals surface area contributed by atoms with Gasteiger partial charge in [0.1, 0.15) is 6.04 Å². The van der Waals surface area contributed by atoms with Gasteiger partial charge >= 0.3 is 6.03 Å². The molecule has 1 heterocycles. The molecule has 0 spiro atoms. The quantitative estimate of drug-likeness (QED) is 0.774. The number of likely N-dealkylation sites (tertiary alicyclic amines) is 1. The van der Waals surface area contributed by atoms with Crippen molar-refractivity contribution in [3.63, 3.8) is 0 Å². The summed E-state index contributed by atoms with van der Waals surface area (Å²) in [6.07, 6.45) is 2.05. The van der Waals surface area contributed by atoms with Gasteiger partial charge in [-0.1, -0.05) is 50.6 Å². The number of primary amides is 1. The number of piperidine rings is 1. The van der Waals surface area contributed by atoms with Crippen LogP contribution in [0.15, 0.2) is 30.3 Å². The van der Waals surface area contributed by atoms with Crippen LogP contribution in [0.25, 0.3) is 0 Å². The number of hydrogen-bond donors (Lipinski definition) is 2. The molecule has 0 bridgehead atoms. The molecule has 6 heteroatoms. The highest BCUT2D eigenvalue weighted by atomic mass is 16.2. The minimum Gasteiger partial charge on any atom is -0.352 e. The van der Waals surface area contributed by atoms with E-state index in [1.54, 1.807) is 4.90 Å². The van der Waals surface area contributed by atoms with Crippen LogP contribution in [0, 0.1) is 11.8 Å². The average Bonchev–Trinajstić information content (AvgIpc) is 2.65. The van der Waals surface area contributed by atoms with E-state index in [0.29, 0.717) is 25.9 Å². The first-order valence-electron chi connectivity index (χ1n) is 8.88. The van der Waals surface area contributed by atoms with Crippen LogP contribution in [0.3, 0.4) is 0 Å². The number of nitrogens with two attached hydrogens (primary N) is 1. The van der Waals surface area contributed by atoms with Crippen LogP contribution >= 0.6 is 0 Å². The monoisotopic (exact) mass is 345 g/mol. The van der Waals surface area contributed by atoms with Crippen LogP contribution in [0.2, 0.25) is 0 Å². The molecule has 1 saturated heterocycles. The summed E-state index contributed by atoms with van der Waals surface area (Å²) in [6, 6.07) is 7.97. The smallest absolute Gasteiger partial charge is 0.312 e. The molecule has 0 aromatic heterocycles. The van der Waals surface area contributed by atoms with Gasteiger partial charge in [-0.15, -0.1) is 0 Å². The minimum absolute atomic E-state index is 0.00340. The van der Waals surface area contributed by atoms with Crippen LogP contribution in [-0.2, 0) is 4.79 Å². The first kappa shape index (κ1) is 19.0. The van der Waals surface area contributed by atoms with Gasteiger partial charge < -0.3 is 16.0 Å². The lowest BCUT2D eigenvalue weighted by atomic mass is 9.88. The second-order valence-corrected chi connectivity index (χ2v) is 6.70. The second kappa shape index (κ2) is 8.65. The number of nitrogens with one attached hydrogen (secondary N) is 1. The van der Waals surface area contributed by atoms with E-state index in [1.165, 1.54) is 0 Å². The first-order chi connectivity index (χ1) is 11.9. The Morgan fingerprint density at radius 3 is 2.32 bits per heavy atom. The van der Waals surface area contributed by atoms with Gasteiger partial charge in [0.15, 0.2) is 5.78 Å². The molecule has 2 atom stereocenters. The van der Waals surface area contributed by atoms with E-state index in [4.69, 9.17) is 5.73 Å². The van der Waals surface area contributed by atoms with E-state index >= 15 is 0 Å². The molecule has 1 aliphatic rings.